The van der Waals surface area contributed by atoms with Crippen molar-refractivity contribution in [2.45, 2.75) is 239 Å². The van der Waals surface area contributed by atoms with Crippen molar-refractivity contribution in [1.29, 1.82) is 0 Å². The van der Waals surface area contributed by atoms with Gasteiger partial charge < -0.3 is 14.2 Å². The van der Waals surface area contributed by atoms with E-state index in [0.29, 0.717) is 12.8 Å². The van der Waals surface area contributed by atoms with E-state index >= 15 is 0 Å². The molecular weight excluding hydrogens is 841 g/mol. The monoisotopic (exact) mass is 941 g/mol. The first-order valence-electron chi connectivity index (χ1n) is 27.6. The van der Waals surface area contributed by atoms with E-state index in [1.54, 1.807) is 0 Å². The molecule has 0 aromatic carbocycles. The first-order valence-corrected chi connectivity index (χ1v) is 27.6. The molecule has 1 unspecified atom stereocenters. The Morgan fingerprint density at radius 2 is 0.662 bits per heavy atom. The molecule has 0 rings (SSSR count). The van der Waals surface area contributed by atoms with E-state index in [2.05, 4.69) is 130 Å². The maximum atomic E-state index is 12.8. The predicted molar refractivity (Wildman–Crippen MR) is 293 cm³/mol. The van der Waals surface area contributed by atoms with Gasteiger partial charge in [0.2, 0.25) is 0 Å². The highest BCUT2D eigenvalue weighted by molar-refractivity contribution is 5.71. The number of hydrogen-bond acceptors (Lipinski definition) is 6. The Morgan fingerprint density at radius 1 is 0.324 bits per heavy atom. The summed E-state index contributed by atoms with van der Waals surface area (Å²) >= 11 is 0. The molecular formula is C62H100O6. The van der Waals surface area contributed by atoms with Gasteiger partial charge in [0.1, 0.15) is 13.2 Å². The molecule has 0 heterocycles. The summed E-state index contributed by atoms with van der Waals surface area (Å²) in [6.07, 6.45) is 76.2. The SMILES string of the molecule is CC/C=C\C/C=C\C/C=C\C/C=C\C/C=C\C/C=C\CCC(=O)OCC(COC(=O)CCCCC/C=C\CCCCCCCC)OC(=O)CCCCCCC\C=C/C=C\C=C/CCCCCCC. The van der Waals surface area contributed by atoms with Gasteiger partial charge in [0.25, 0.3) is 0 Å². The van der Waals surface area contributed by atoms with Crippen molar-refractivity contribution in [3.8, 4) is 0 Å². The Hall–Kier alpha value is -4.19. The minimum Gasteiger partial charge on any atom is -0.462 e. The van der Waals surface area contributed by atoms with Crippen molar-refractivity contribution in [2.75, 3.05) is 13.2 Å². The second-order valence-electron chi connectivity index (χ2n) is 17.8. The van der Waals surface area contributed by atoms with Gasteiger partial charge in [-0.25, -0.2) is 0 Å². The van der Waals surface area contributed by atoms with Gasteiger partial charge in [-0.2, -0.15) is 0 Å². The third kappa shape index (κ3) is 52.8. The summed E-state index contributed by atoms with van der Waals surface area (Å²) in [6, 6.07) is 0. The van der Waals surface area contributed by atoms with Crippen LogP contribution in [0.15, 0.2) is 122 Å². The molecule has 0 aliphatic carbocycles. The highest BCUT2D eigenvalue weighted by atomic mass is 16.6. The van der Waals surface area contributed by atoms with Crippen LogP contribution in [-0.2, 0) is 28.6 Å². The average molecular weight is 941 g/mol. The van der Waals surface area contributed by atoms with Crippen molar-refractivity contribution < 1.29 is 28.6 Å². The van der Waals surface area contributed by atoms with Gasteiger partial charge in [-0.1, -0.05) is 226 Å². The first kappa shape index (κ1) is 63.8. The molecule has 384 valence electrons. The lowest BCUT2D eigenvalue weighted by Crippen LogP contribution is -2.30. The maximum Gasteiger partial charge on any atom is 0.306 e. The van der Waals surface area contributed by atoms with Crippen LogP contribution >= 0.6 is 0 Å². The van der Waals surface area contributed by atoms with E-state index in [4.69, 9.17) is 14.2 Å². The molecule has 0 amide bonds. The number of ether oxygens (including phenoxy) is 3. The largest absolute Gasteiger partial charge is 0.462 e. The number of unbranched alkanes of at least 4 members (excludes halogenated alkanes) is 19. The highest BCUT2D eigenvalue weighted by Gasteiger charge is 2.19. The van der Waals surface area contributed by atoms with E-state index in [9.17, 15) is 14.4 Å². The van der Waals surface area contributed by atoms with E-state index in [1.165, 1.54) is 70.6 Å². The van der Waals surface area contributed by atoms with E-state index in [0.717, 1.165) is 116 Å². The summed E-state index contributed by atoms with van der Waals surface area (Å²) < 4.78 is 16.7. The van der Waals surface area contributed by atoms with Crippen LogP contribution < -0.4 is 0 Å². The molecule has 0 aliphatic rings. The molecule has 0 saturated heterocycles. The number of hydrogen-bond donors (Lipinski definition) is 0. The van der Waals surface area contributed by atoms with E-state index in [-0.39, 0.29) is 44.0 Å². The van der Waals surface area contributed by atoms with Crippen molar-refractivity contribution >= 4 is 17.9 Å². The molecule has 0 radical (unpaired) electrons. The Kier molecular flexibility index (Phi) is 52.0. The molecule has 0 fully saturated rings. The molecule has 6 heteroatoms. The standard InChI is InChI=1S/C62H100O6/c1-4-7-10-13-16-19-22-25-27-29-31-33-34-37-40-43-46-49-52-55-61(64)67-58-59(57-66-60(63)54-51-48-45-42-39-36-24-21-18-15-12-9-6-3)68-62(65)56-53-50-47-44-41-38-35-32-30-28-26-23-20-17-14-11-8-5-2/h7,10,16,19,23,25-28,30-33,35-37,39-40,46,49,59H,4-6,8-9,11-15,17-18,20-22,24,29,34,38,41-45,47-48,50-58H2,1-3H3/b10-7-,19-16-,26-23-,27-25-,30-28-,33-31-,35-32-,39-36-,40-37-,49-46-. The zero-order chi connectivity index (χ0) is 49.3. The second-order valence-corrected chi connectivity index (χ2v) is 17.8. The second kappa shape index (κ2) is 55.4. The topological polar surface area (TPSA) is 78.9 Å². The summed E-state index contributed by atoms with van der Waals surface area (Å²) in [6.45, 7) is 6.39. The van der Waals surface area contributed by atoms with Gasteiger partial charge in [-0.05, 0) is 109 Å². The molecule has 0 spiro atoms. The predicted octanol–water partition coefficient (Wildman–Crippen LogP) is 18.5. The van der Waals surface area contributed by atoms with Crippen LogP contribution in [0.5, 0.6) is 0 Å². The molecule has 0 aromatic heterocycles. The molecule has 0 aliphatic heterocycles. The van der Waals surface area contributed by atoms with E-state index < -0.39 is 6.10 Å². The maximum absolute atomic E-state index is 12.8. The number of esters is 3. The van der Waals surface area contributed by atoms with E-state index in [1.807, 2.05) is 12.2 Å². The van der Waals surface area contributed by atoms with Crippen molar-refractivity contribution in [3.63, 3.8) is 0 Å². The Morgan fingerprint density at radius 3 is 1.12 bits per heavy atom. The lowest BCUT2D eigenvalue weighted by atomic mass is 10.1. The van der Waals surface area contributed by atoms with Crippen LogP contribution in [0.2, 0.25) is 0 Å². The van der Waals surface area contributed by atoms with Gasteiger partial charge in [0.15, 0.2) is 6.10 Å². The van der Waals surface area contributed by atoms with Crippen molar-refractivity contribution in [3.05, 3.63) is 122 Å². The average Bonchev–Trinajstić information content (AvgIpc) is 3.34. The van der Waals surface area contributed by atoms with Crippen LogP contribution in [0.1, 0.15) is 233 Å². The van der Waals surface area contributed by atoms with Crippen molar-refractivity contribution in [2.24, 2.45) is 0 Å². The van der Waals surface area contributed by atoms with Crippen LogP contribution in [0, 0.1) is 0 Å². The minimum atomic E-state index is -0.829. The van der Waals surface area contributed by atoms with Gasteiger partial charge in [-0.3, -0.25) is 14.4 Å². The third-order valence-electron chi connectivity index (χ3n) is 11.2. The first-order chi connectivity index (χ1) is 33.5. The van der Waals surface area contributed by atoms with Crippen LogP contribution in [0.3, 0.4) is 0 Å². The normalized spacial score (nSPS) is 13.0. The molecule has 0 saturated carbocycles. The van der Waals surface area contributed by atoms with Gasteiger partial charge in [-0.15, -0.1) is 0 Å². The lowest BCUT2D eigenvalue weighted by Gasteiger charge is -2.18. The van der Waals surface area contributed by atoms with Crippen LogP contribution in [0.4, 0.5) is 0 Å². The van der Waals surface area contributed by atoms with Crippen molar-refractivity contribution in [1.82, 2.24) is 0 Å². The smallest absolute Gasteiger partial charge is 0.306 e. The lowest BCUT2D eigenvalue weighted by molar-refractivity contribution is -0.166. The zero-order valence-electron chi connectivity index (χ0n) is 43.8. The van der Waals surface area contributed by atoms with Gasteiger partial charge >= 0.3 is 17.9 Å². The van der Waals surface area contributed by atoms with Crippen LogP contribution in [-0.4, -0.2) is 37.2 Å². The fraction of sp³-hybridized carbons (Fsp3) is 0.629. The van der Waals surface area contributed by atoms with Crippen LogP contribution in [0.25, 0.3) is 0 Å². The third-order valence-corrected chi connectivity index (χ3v) is 11.2. The number of carbonyl (C=O) groups is 3. The summed E-state index contributed by atoms with van der Waals surface area (Å²) in [5, 5.41) is 0. The van der Waals surface area contributed by atoms with Gasteiger partial charge in [0.05, 0.1) is 0 Å². The van der Waals surface area contributed by atoms with Gasteiger partial charge in [0, 0.05) is 19.3 Å². The molecule has 6 nitrogen and oxygen atoms in total. The molecule has 68 heavy (non-hydrogen) atoms. The summed E-state index contributed by atoms with van der Waals surface area (Å²) in [4.78, 5) is 38.0. The zero-order valence-corrected chi connectivity index (χ0v) is 43.8. The fourth-order valence-electron chi connectivity index (χ4n) is 7.11. The molecule has 1 atom stereocenters. The molecule has 0 bridgehead atoms. The Labute approximate surface area is 418 Å². The summed E-state index contributed by atoms with van der Waals surface area (Å²) in [5.74, 6) is -1.05. The minimum absolute atomic E-state index is 0.121. The quantitative estimate of drug-likeness (QED) is 0.0199. The number of carbonyl (C=O) groups excluding carboxylic acids is 3. The highest BCUT2D eigenvalue weighted by Crippen LogP contribution is 2.12. The summed E-state index contributed by atoms with van der Waals surface area (Å²) in [7, 11) is 0. The Balaban J connectivity index is 4.58. The molecule has 0 aromatic rings. The number of rotatable bonds is 48. The Bertz CT molecular complexity index is 1450. The summed E-state index contributed by atoms with van der Waals surface area (Å²) in [5.41, 5.74) is 0. The molecule has 0 N–H and O–H groups in total. The number of allylic oxidation sites excluding steroid dienone is 20. The fourth-order valence-corrected chi connectivity index (χ4v) is 7.11.